The third kappa shape index (κ3) is 2.38. The van der Waals surface area contributed by atoms with Crippen LogP contribution in [0.1, 0.15) is 5.76 Å². The number of hydrogen-bond acceptors (Lipinski definition) is 5. The summed E-state index contributed by atoms with van der Waals surface area (Å²) >= 11 is 0. The van der Waals surface area contributed by atoms with E-state index in [1.54, 1.807) is 6.08 Å². The summed E-state index contributed by atoms with van der Waals surface area (Å²) in [6.07, 6.45) is 1.97. The molecule has 2 heterocycles. The van der Waals surface area contributed by atoms with E-state index >= 15 is 0 Å². The monoisotopic (exact) mass is 270 g/mol. The molecule has 0 unspecified atom stereocenters. The molecule has 0 atom stereocenters. The Labute approximate surface area is 102 Å². The van der Waals surface area contributed by atoms with E-state index in [0.717, 1.165) is 0 Å². The van der Waals surface area contributed by atoms with Crippen LogP contribution in [0.25, 0.3) is 11.5 Å². The Morgan fingerprint density at radius 3 is 2.72 bits per heavy atom. The number of hydrogen-bond donors (Lipinski definition) is 3. The first-order valence-corrected chi connectivity index (χ1v) is 6.55. The van der Waals surface area contributed by atoms with Gasteiger partial charge in [0, 0.05) is 6.42 Å². The van der Waals surface area contributed by atoms with Crippen molar-refractivity contribution in [1.82, 2.24) is 4.98 Å². The molecule has 2 aromatic heterocycles. The minimum Gasteiger partial charge on any atom is -0.446 e. The number of anilines is 1. The molecule has 8 heteroatoms. The van der Waals surface area contributed by atoms with Crippen molar-refractivity contribution in [3.05, 3.63) is 30.5 Å². The minimum atomic E-state index is -4.42. The highest BCUT2D eigenvalue weighted by molar-refractivity contribution is 7.59. The maximum atomic E-state index is 11.0. The van der Waals surface area contributed by atoms with Gasteiger partial charge in [-0.3, -0.25) is 4.57 Å². The second kappa shape index (κ2) is 4.45. The maximum Gasteiger partial charge on any atom is 0.391 e. The molecule has 0 saturated heterocycles. The highest BCUT2D eigenvalue weighted by Crippen LogP contribution is 2.36. The molecule has 0 aliphatic carbocycles. The number of oxazole rings is 1. The van der Waals surface area contributed by atoms with Crippen LogP contribution in [-0.2, 0) is 11.0 Å². The first-order valence-electron chi connectivity index (χ1n) is 4.94. The maximum absolute atomic E-state index is 11.0. The van der Waals surface area contributed by atoms with E-state index in [1.165, 1.54) is 12.1 Å². The molecule has 0 spiro atoms. The van der Waals surface area contributed by atoms with Gasteiger partial charge in [-0.05, 0) is 12.1 Å². The van der Waals surface area contributed by atoms with Crippen molar-refractivity contribution in [1.29, 1.82) is 0 Å². The van der Waals surface area contributed by atoms with Crippen LogP contribution >= 0.6 is 7.60 Å². The molecule has 18 heavy (non-hydrogen) atoms. The summed E-state index contributed by atoms with van der Waals surface area (Å²) < 4.78 is 21.2. The van der Waals surface area contributed by atoms with Crippen LogP contribution in [-0.4, -0.2) is 14.8 Å². The summed E-state index contributed by atoms with van der Waals surface area (Å²) in [6.45, 7) is 3.56. The normalized spacial score (nSPS) is 11.7. The molecule has 2 aromatic rings. The summed E-state index contributed by atoms with van der Waals surface area (Å²) in [5, 5.41) is 0. The quantitative estimate of drug-likeness (QED) is 0.560. The van der Waals surface area contributed by atoms with Crippen molar-refractivity contribution < 1.29 is 23.2 Å². The van der Waals surface area contributed by atoms with Crippen LogP contribution in [0.2, 0.25) is 0 Å². The number of aromatic nitrogens is 1. The highest BCUT2D eigenvalue weighted by Gasteiger charge is 2.24. The number of nitrogens with two attached hydrogens (primary N) is 1. The van der Waals surface area contributed by atoms with Gasteiger partial charge < -0.3 is 24.4 Å². The lowest BCUT2D eigenvalue weighted by molar-refractivity contribution is 0.377. The standard InChI is InChI=1S/C10H11N2O5P/c1-2-3-6-9(12-10(11)17-6)7-4-5-8(16-7)18(13,14)15/h2,4-5H,1,3H2,(H2,11,12)(H2,13,14,15). The molecule has 0 fully saturated rings. The lowest BCUT2D eigenvalue weighted by atomic mass is 10.2. The summed E-state index contributed by atoms with van der Waals surface area (Å²) in [5.41, 5.74) is 5.32. The van der Waals surface area contributed by atoms with Crippen LogP contribution in [0.3, 0.4) is 0 Å². The van der Waals surface area contributed by atoms with Crippen LogP contribution in [0.5, 0.6) is 0 Å². The molecule has 0 radical (unpaired) electrons. The van der Waals surface area contributed by atoms with E-state index in [0.29, 0.717) is 17.9 Å². The smallest absolute Gasteiger partial charge is 0.391 e. The van der Waals surface area contributed by atoms with Gasteiger partial charge in [-0.1, -0.05) is 6.08 Å². The predicted molar refractivity (Wildman–Crippen MR) is 64.2 cm³/mol. The van der Waals surface area contributed by atoms with Crippen LogP contribution in [0, 0.1) is 0 Å². The van der Waals surface area contributed by atoms with Gasteiger partial charge in [0.05, 0.1) is 0 Å². The lowest BCUT2D eigenvalue weighted by Gasteiger charge is -1.98. The average molecular weight is 270 g/mol. The Bertz CT molecular complexity index is 624. The van der Waals surface area contributed by atoms with E-state index in [9.17, 15) is 4.57 Å². The molecule has 0 bridgehead atoms. The zero-order chi connectivity index (χ0) is 13.3. The fourth-order valence-electron chi connectivity index (χ4n) is 1.44. The molecule has 0 saturated carbocycles. The molecular formula is C10H11N2O5P. The Morgan fingerprint density at radius 1 is 1.44 bits per heavy atom. The largest absolute Gasteiger partial charge is 0.446 e. The van der Waals surface area contributed by atoms with Crippen molar-refractivity contribution in [2.45, 2.75) is 6.42 Å². The highest BCUT2D eigenvalue weighted by atomic mass is 31.2. The van der Waals surface area contributed by atoms with Crippen molar-refractivity contribution in [2.75, 3.05) is 5.73 Å². The van der Waals surface area contributed by atoms with Gasteiger partial charge in [0.2, 0.25) is 5.50 Å². The molecule has 0 aliphatic rings. The Balaban J connectivity index is 2.45. The van der Waals surface area contributed by atoms with Crippen molar-refractivity contribution >= 4 is 19.1 Å². The first kappa shape index (κ1) is 12.6. The third-order valence-corrected chi connectivity index (χ3v) is 2.97. The van der Waals surface area contributed by atoms with Crippen molar-refractivity contribution in [3.63, 3.8) is 0 Å². The van der Waals surface area contributed by atoms with Gasteiger partial charge in [0.25, 0.3) is 6.01 Å². The van der Waals surface area contributed by atoms with E-state index in [1.807, 2.05) is 0 Å². The molecule has 0 amide bonds. The average Bonchev–Trinajstić information content (AvgIpc) is 2.84. The molecular weight excluding hydrogens is 259 g/mol. The molecule has 0 aliphatic heterocycles. The summed E-state index contributed by atoms with van der Waals surface area (Å²) in [6, 6.07) is 2.55. The summed E-state index contributed by atoms with van der Waals surface area (Å²) in [4.78, 5) is 21.8. The zero-order valence-corrected chi connectivity index (χ0v) is 10.1. The number of allylic oxidation sites excluding steroid dienone is 1. The second-order valence-electron chi connectivity index (χ2n) is 3.50. The minimum absolute atomic E-state index is 0.0454. The first-order chi connectivity index (χ1) is 8.41. The Hall–Kier alpha value is -1.82. The van der Waals surface area contributed by atoms with Gasteiger partial charge in [-0.2, -0.15) is 4.98 Å². The zero-order valence-electron chi connectivity index (χ0n) is 9.24. The van der Waals surface area contributed by atoms with Gasteiger partial charge >= 0.3 is 7.60 Å². The van der Waals surface area contributed by atoms with E-state index in [2.05, 4.69) is 11.6 Å². The fourth-order valence-corrected chi connectivity index (χ4v) is 1.93. The number of furan rings is 1. The molecule has 96 valence electrons. The van der Waals surface area contributed by atoms with Crippen molar-refractivity contribution in [3.8, 4) is 11.5 Å². The Kier molecular flexibility index (Phi) is 3.13. The van der Waals surface area contributed by atoms with Crippen LogP contribution in [0.15, 0.2) is 33.6 Å². The topological polar surface area (TPSA) is 123 Å². The summed E-state index contributed by atoms with van der Waals surface area (Å²) in [7, 11) is -4.42. The number of nitrogens with zero attached hydrogens (tertiary/aromatic N) is 1. The van der Waals surface area contributed by atoms with E-state index < -0.39 is 13.1 Å². The second-order valence-corrected chi connectivity index (χ2v) is 5.03. The predicted octanol–water partition coefficient (Wildman–Crippen LogP) is 1.05. The number of nitrogen functional groups attached to an aromatic ring is 1. The SMILES string of the molecule is C=CCc1oc(N)nc1-c1ccc(P(=O)(O)O)o1. The fraction of sp³-hybridized carbons (Fsp3) is 0.100. The van der Waals surface area contributed by atoms with Gasteiger partial charge in [-0.15, -0.1) is 6.58 Å². The van der Waals surface area contributed by atoms with E-state index in [-0.39, 0.29) is 11.8 Å². The molecule has 0 aromatic carbocycles. The van der Waals surface area contributed by atoms with Gasteiger partial charge in [0.15, 0.2) is 5.76 Å². The van der Waals surface area contributed by atoms with Crippen molar-refractivity contribution in [2.24, 2.45) is 0 Å². The summed E-state index contributed by atoms with van der Waals surface area (Å²) in [5.74, 6) is 0.611. The van der Waals surface area contributed by atoms with Gasteiger partial charge in [-0.25, -0.2) is 0 Å². The third-order valence-electron chi connectivity index (χ3n) is 2.16. The lowest BCUT2D eigenvalue weighted by Crippen LogP contribution is -1.98. The molecule has 2 rings (SSSR count). The van der Waals surface area contributed by atoms with Crippen LogP contribution in [0.4, 0.5) is 6.01 Å². The Morgan fingerprint density at radius 2 is 2.17 bits per heavy atom. The molecule has 7 nitrogen and oxygen atoms in total. The molecule has 4 N–H and O–H groups in total. The number of rotatable bonds is 4. The van der Waals surface area contributed by atoms with Gasteiger partial charge in [0.1, 0.15) is 11.5 Å². The van der Waals surface area contributed by atoms with E-state index in [4.69, 9.17) is 24.4 Å². The van der Waals surface area contributed by atoms with Crippen LogP contribution < -0.4 is 11.2 Å².